The van der Waals surface area contributed by atoms with E-state index in [1.807, 2.05) is 0 Å². The minimum absolute atomic E-state index is 0.530. The van der Waals surface area contributed by atoms with Gasteiger partial charge in [-0.3, -0.25) is 4.55 Å². The predicted molar refractivity (Wildman–Crippen MR) is 29.5 cm³/mol. The van der Waals surface area contributed by atoms with E-state index in [1.165, 1.54) is 0 Å². The van der Waals surface area contributed by atoms with Crippen molar-refractivity contribution in [3.63, 3.8) is 0 Å². The first-order valence-corrected chi connectivity index (χ1v) is 3.30. The predicted octanol–water partition coefficient (Wildman–Crippen LogP) is 0.0357. The molecule has 41 valence electrons. The van der Waals surface area contributed by atoms with Crippen molar-refractivity contribution >= 4 is 27.7 Å². The zero-order chi connectivity index (χ0) is 5.91. The van der Waals surface area contributed by atoms with Crippen LogP contribution in [0.3, 0.4) is 0 Å². The number of hydrogen-bond donors (Lipinski definition) is 1. The van der Waals surface area contributed by atoms with E-state index in [9.17, 15) is 8.42 Å². The molecule has 0 aliphatic heterocycles. The Morgan fingerprint density at radius 2 is 2.00 bits per heavy atom. The molecule has 0 fully saturated rings. The van der Waals surface area contributed by atoms with E-state index in [2.05, 4.69) is 12.2 Å². The maximum atomic E-state index is 9.63. The second-order valence-electron chi connectivity index (χ2n) is 0.787. The topological polar surface area (TPSA) is 54.4 Å². The minimum Gasteiger partial charge on any atom is -0.285 e. The Kier molecular flexibility index (Phi) is 2.34. The van der Waals surface area contributed by atoms with Crippen LogP contribution in [0.5, 0.6) is 0 Å². The van der Waals surface area contributed by atoms with Gasteiger partial charge in [-0.15, -0.1) is 0 Å². The lowest BCUT2D eigenvalue weighted by Crippen LogP contribution is -1.95. The fourth-order valence-corrected chi connectivity index (χ4v) is 0.632. The van der Waals surface area contributed by atoms with Crippen LogP contribution in [0.4, 0.5) is 0 Å². The molecule has 5 heteroatoms. The molecule has 0 amide bonds. The lowest BCUT2D eigenvalue weighted by atomic mass is 11.0. The van der Waals surface area contributed by atoms with Gasteiger partial charge in [-0.25, -0.2) is 0 Å². The van der Waals surface area contributed by atoms with Crippen molar-refractivity contribution in [3.05, 3.63) is 5.75 Å². The molecule has 0 aromatic rings. The van der Waals surface area contributed by atoms with E-state index in [4.69, 9.17) is 4.55 Å². The van der Waals surface area contributed by atoms with Crippen molar-refractivity contribution in [2.75, 3.05) is 0 Å². The standard InChI is InChI=1S/C2H3O3S2/c3-7(4,5)2-1-6/h1-2H,(H,3,4,5). The van der Waals surface area contributed by atoms with Crippen LogP contribution in [-0.2, 0) is 10.1 Å². The highest BCUT2D eigenvalue weighted by molar-refractivity contribution is 7.91. The first-order chi connectivity index (χ1) is 3.06. The van der Waals surface area contributed by atoms with E-state index in [1.54, 1.807) is 0 Å². The summed E-state index contributed by atoms with van der Waals surface area (Å²) in [5, 5.41) is 0.829. The van der Waals surface area contributed by atoms with Gasteiger partial charge in [-0.1, -0.05) is 12.2 Å². The Hall–Kier alpha value is -0.0000000000000000555. The average Bonchev–Trinajstić information content (AvgIpc) is 1.30. The molecule has 0 saturated carbocycles. The Morgan fingerprint density at radius 1 is 1.57 bits per heavy atom. The van der Waals surface area contributed by atoms with E-state index in [0.29, 0.717) is 5.75 Å². The number of rotatable bonds is 2. The highest BCUT2D eigenvalue weighted by atomic mass is 32.2. The molecule has 0 bridgehead atoms. The zero-order valence-corrected chi connectivity index (χ0v) is 4.87. The van der Waals surface area contributed by atoms with Crippen LogP contribution in [0.2, 0.25) is 0 Å². The van der Waals surface area contributed by atoms with Gasteiger partial charge in [0.15, 0.2) is 0 Å². The van der Waals surface area contributed by atoms with Crippen LogP contribution in [0.15, 0.2) is 0 Å². The molecule has 1 radical (unpaired) electrons. The monoisotopic (exact) mass is 139 g/mol. The molecule has 0 rings (SSSR count). The Balaban J connectivity index is 3.84. The molecule has 0 aromatic carbocycles. The fourth-order valence-electron chi connectivity index (χ4n) is 0.0702. The zero-order valence-electron chi connectivity index (χ0n) is 3.23. The smallest absolute Gasteiger partial charge is 0.273 e. The fraction of sp³-hybridized carbons (Fsp3) is 0. The van der Waals surface area contributed by atoms with Gasteiger partial charge in [-0.2, -0.15) is 8.42 Å². The van der Waals surface area contributed by atoms with Crippen LogP contribution in [-0.4, -0.2) is 18.3 Å². The lowest BCUT2D eigenvalue weighted by Gasteiger charge is -1.80. The van der Waals surface area contributed by atoms with Crippen LogP contribution >= 0.6 is 12.2 Å². The second-order valence-corrected chi connectivity index (χ2v) is 2.36. The van der Waals surface area contributed by atoms with Crippen molar-refractivity contribution in [2.45, 2.75) is 0 Å². The molecular formula is C2H3O3S2. The third-order valence-corrected chi connectivity index (χ3v) is 1.02. The highest BCUT2D eigenvalue weighted by Gasteiger charge is 1.98. The van der Waals surface area contributed by atoms with E-state index in [-0.39, 0.29) is 0 Å². The summed E-state index contributed by atoms with van der Waals surface area (Å²) in [4.78, 5) is 0. The summed E-state index contributed by atoms with van der Waals surface area (Å²) in [6.07, 6.45) is 0. The van der Waals surface area contributed by atoms with E-state index >= 15 is 0 Å². The Bertz CT molecular complexity index is 144. The summed E-state index contributed by atoms with van der Waals surface area (Å²) in [7, 11) is -3.96. The average molecular weight is 139 g/mol. The third kappa shape index (κ3) is 6.00. The minimum atomic E-state index is -3.96. The van der Waals surface area contributed by atoms with Crippen molar-refractivity contribution in [2.24, 2.45) is 0 Å². The summed E-state index contributed by atoms with van der Waals surface area (Å²) in [5.74, 6) is 0.530. The third-order valence-electron chi connectivity index (χ3n) is 0.228. The summed E-state index contributed by atoms with van der Waals surface area (Å²) in [6, 6.07) is 0. The Labute approximate surface area is 47.1 Å². The summed E-state index contributed by atoms with van der Waals surface area (Å²) >= 11 is 4.08. The maximum absolute atomic E-state index is 9.63. The first-order valence-electron chi connectivity index (χ1n) is 1.32. The van der Waals surface area contributed by atoms with Crippen LogP contribution < -0.4 is 0 Å². The Morgan fingerprint density at radius 3 is 2.00 bits per heavy atom. The van der Waals surface area contributed by atoms with Gasteiger partial charge in [0.1, 0.15) is 5.75 Å². The molecule has 0 atom stereocenters. The largest absolute Gasteiger partial charge is 0.285 e. The summed E-state index contributed by atoms with van der Waals surface area (Å²) < 4.78 is 27.1. The van der Waals surface area contributed by atoms with Crippen molar-refractivity contribution in [1.29, 1.82) is 0 Å². The second kappa shape index (κ2) is 2.34. The maximum Gasteiger partial charge on any atom is 0.273 e. The lowest BCUT2D eigenvalue weighted by molar-refractivity contribution is 0.492. The van der Waals surface area contributed by atoms with Gasteiger partial charge < -0.3 is 0 Å². The van der Waals surface area contributed by atoms with Crippen molar-refractivity contribution in [1.82, 2.24) is 0 Å². The van der Waals surface area contributed by atoms with Gasteiger partial charge in [-0.05, 0) is 0 Å². The van der Waals surface area contributed by atoms with Crippen LogP contribution in [0, 0.1) is 5.75 Å². The van der Waals surface area contributed by atoms with Crippen molar-refractivity contribution < 1.29 is 13.0 Å². The molecule has 0 aliphatic carbocycles. The molecular weight excluding hydrogens is 136 g/mol. The molecule has 0 aliphatic rings. The molecule has 0 heterocycles. The van der Waals surface area contributed by atoms with Gasteiger partial charge in [0, 0.05) is 5.37 Å². The molecule has 0 spiro atoms. The number of hydrogen-bond acceptors (Lipinski definition) is 3. The van der Waals surface area contributed by atoms with E-state index in [0.717, 1.165) is 5.37 Å². The molecule has 0 saturated heterocycles. The molecule has 3 nitrogen and oxygen atoms in total. The first kappa shape index (κ1) is 7.00. The van der Waals surface area contributed by atoms with Crippen LogP contribution in [0.25, 0.3) is 0 Å². The molecule has 1 N–H and O–H groups in total. The SMILES string of the molecule is O=S(=O)(O)[CH]C=S. The summed E-state index contributed by atoms with van der Waals surface area (Å²) in [5.41, 5.74) is 0. The van der Waals surface area contributed by atoms with Crippen molar-refractivity contribution in [3.8, 4) is 0 Å². The quantitative estimate of drug-likeness (QED) is 0.433. The normalized spacial score (nSPS) is 11.0. The summed E-state index contributed by atoms with van der Waals surface area (Å²) in [6.45, 7) is 0. The van der Waals surface area contributed by atoms with Gasteiger partial charge in [0.2, 0.25) is 0 Å². The van der Waals surface area contributed by atoms with Crippen LogP contribution in [0.1, 0.15) is 0 Å². The van der Waals surface area contributed by atoms with Gasteiger partial charge >= 0.3 is 0 Å². The van der Waals surface area contributed by atoms with Gasteiger partial charge in [0.05, 0.1) is 0 Å². The van der Waals surface area contributed by atoms with Gasteiger partial charge in [0.25, 0.3) is 10.1 Å². The molecule has 7 heavy (non-hydrogen) atoms. The van der Waals surface area contributed by atoms with E-state index < -0.39 is 10.1 Å². The number of thiocarbonyl (C=S) groups is 1. The molecule has 0 aromatic heterocycles. The molecule has 0 unspecified atom stereocenters. The highest BCUT2D eigenvalue weighted by Crippen LogP contribution is 1.82.